The van der Waals surface area contributed by atoms with Crippen LogP contribution >= 0.6 is 0 Å². The first kappa shape index (κ1) is 8.72. The van der Waals surface area contributed by atoms with E-state index in [1.807, 2.05) is 26.1 Å². The van der Waals surface area contributed by atoms with Crippen molar-refractivity contribution in [2.75, 3.05) is 7.11 Å². The van der Waals surface area contributed by atoms with Gasteiger partial charge in [0.15, 0.2) is 0 Å². The fourth-order valence-corrected chi connectivity index (χ4v) is 0.840. The Morgan fingerprint density at radius 1 is 1.33 bits per heavy atom. The molecule has 0 aromatic rings. The van der Waals surface area contributed by atoms with Gasteiger partial charge in [0.1, 0.15) is 0 Å². The molecule has 0 aliphatic rings. The summed E-state index contributed by atoms with van der Waals surface area (Å²) in [5.41, 5.74) is 0. The molecule has 0 saturated heterocycles. The van der Waals surface area contributed by atoms with E-state index in [1.54, 1.807) is 13.4 Å². The number of hydrogen-bond acceptors (Lipinski definition) is 2. The van der Waals surface area contributed by atoms with E-state index in [0.717, 1.165) is 0 Å². The second kappa shape index (κ2) is 3.69. The maximum Gasteiger partial charge on any atom is 0.391 e. The number of rotatable bonds is 3. The first-order valence-corrected chi connectivity index (χ1v) is 5.78. The lowest BCUT2D eigenvalue weighted by molar-refractivity contribution is 0.285. The van der Waals surface area contributed by atoms with Crippen molar-refractivity contribution < 1.29 is 8.85 Å². The zero-order valence-corrected chi connectivity index (χ0v) is 7.47. The van der Waals surface area contributed by atoms with Gasteiger partial charge in [0, 0.05) is 7.11 Å². The molecule has 0 saturated carbocycles. The summed E-state index contributed by atoms with van der Waals surface area (Å²) in [6.07, 6.45) is 3.53. The van der Waals surface area contributed by atoms with Crippen LogP contribution in [0.15, 0.2) is 12.3 Å². The average molecular weight is 146 g/mol. The Morgan fingerprint density at radius 2 is 1.89 bits per heavy atom. The Kier molecular flexibility index (Phi) is 3.57. The summed E-state index contributed by atoms with van der Waals surface area (Å²) in [6.45, 7) is 5.90. The van der Waals surface area contributed by atoms with Crippen LogP contribution in [-0.2, 0) is 8.85 Å². The molecular formula is C6H14O2Si. The molecule has 0 aliphatic carbocycles. The minimum Gasteiger partial charge on any atom is -0.527 e. The molecule has 0 amide bonds. The molecule has 0 atom stereocenters. The normalized spacial score (nSPS) is 12.4. The van der Waals surface area contributed by atoms with Crippen LogP contribution in [0.1, 0.15) is 6.92 Å². The van der Waals surface area contributed by atoms with E-state index < -0.39 is 8.56 Å². The topological polar surface area (TPSA) is 18.5 Å². The fraction of sp³-hybridized carbons (Fsp3) is 0.667. The van der Waals surface area contributed by atoms with Gasteiger partial charge < -0.3 is 8.85 Å². The van der Waals surface area contributed by atoms with Crippen LogP contribution in [0.2, 0.25) is 13.1 Å². The summed E-state index contributed by atoms with van der Waals surface area (Å²) < 4.78 is 10.4. The highest BCUT2D eigenvalue weighted by Crippen LogP contribution is 2.03. The van der Waals surface area contributed by atoms with E-state index in [2.05, 4.69) is 0 Å². The Hall–Kier alpha value is -0.283. The minimum absolute atomic E-state index is 1.68. The van der Waals surface area contributed by atoms with Gasteiger partial charge in [0.05, 0.1) is 6.26 Å². The molecule has 0 aromatic carbocycles. The van der Waals surface area contributed by atoms with Gasteiger partial charge in [-0.1, -0.05) is 6.08 Å². The summed E-state index contributed by atoms with van der Waals surface area (Å²) in [5.74, 6) is 0. The molecule has 0 aromatic heterocycles. The smallest absolute Gasteiger partial charge is 0.391 e. The van der Waals surface area contributed by atoms with E-state index in [1.165, 1.54) is 0 Å². The lowest BCUT2D eigenvalue weighted by atomic mass is 10.8. The monoisotopic (exact) mass is 146 g/mol. The summed E-state index contributed by atoms with van der Waals surface area (Å²) >= 11 is 0. The molecule has 3 heteroatoms. The summed E-state index contributed by atoms with van der Waals surface area (Å²) in [4.78, 5) is 0. The quantitative estimate of drug-likeness (QED) is 0.447. The molecule has 0 unspecified atom stereocenters. The van der Waals surface area contributed by atoms with E-state index in [4.69, 9.17) is 8.85 Å². The van der Waals surface area contributed by atoms with Crippen LogP contribution in [0.3, 0.4) is 0 Å². The lowest BCUT2D eigenvalue weighted by Crippen LogP contribution is -2.30. The Bertz CT molecular complexity index is 99.2. The first-order chi connectivity index (χ1) is 4.12. The van der Waals surface area contributed by atoms with E-state index in [-0.39, 0.29) is 0 Å². The van der Waals surface area contributed by atoms with Crippen molar-refractivity contribution in [1.29, 1.82) is 0 Å². The second-order valence-corrected chi connectivity index (χ2v) is 5.63. The van der Waals surface area contributed by atoms with Crippen molar-refractivity contribution in [2.24, 2.45) is 0 Å². The maximum absolute atomic E-state index is 5.26. The zero-order valence-electron chi connectivity index (χ0n) is 6.47. The molecule has 0 N–H and O–H groups in total. The molecule has 0 spiro atoms. The van der Waals surface area contributed by atoms with Crippen LogP contribution in [0.5, 0.6) is 0 Å². The first-order valence-electron chi connectivity index (χ1n) is 2.96. The molecule has 0 radical (unpaired) electrons. The van der Waals surface area contributed by atoms with Gasteiger partial charge in [-0.25, -0.2) is 0 Å². The number of hydrogen-bond donors (Lipinski definition) is 0. The molecule has 2 nitrogen and oxygen atoms in total. The Balaban J connectivity index is 3.58. The van der Waals surface area contributed by atoms with E-state index in [0.29, 0.717) is 0 Å². The molecular weight excluding hydrogens is 132 g/mol. The SMILES string of the molecule is C/C=C/O[Si](C)(C)OC. The van der Waals surface area contributed by atoms with Crippen LogP contribution in [0.25, 0.3) is 0 Å². The Morgan fingerprint density at radius 3 is 2.22 bits per heavy atom. The minimum atomic E-state index is -1.79. The Labute approximate surface area is 57.7 Å². The molecule has 9 heavy (non-hydrogen) atoms. The fourth-order valence-electron chi connectivity index (χ4n) is 0.280. The van der Waals surface area contributed by atoms with Gasteiger partial charge in [0.25, 0.3) is 0 Å². The van der Waals surface area contributed by atoms with Crippen molar-refractivity contribution in [1.82, 2.24) is 0 Å². The van der Waals surface area contributed by atoms with Gasteiger partial charge in [-0.3, -0.25) is 0 Å². The van der Waals surface area contributed by atoms with Gasteiger partial charge >= 0.3 is 8.56 Å². The van der Waals surface area contributed by atoms with Crippen molar-refractivity contribution in [3.05, 3.63) is 12.3 Å². The summed E-state index contributed by atoms with van der Waals surface area (Å²) in [5, 5.41) is 0. The second-order valence-electron chi connectivity index (χ2n) is 2.19. The molecule has 0 fully saturated rings. The molecule has 0 bridgehead atoms. The van der Waals surface area contributed by atoms with Crippen molar-refractivity contribution in [3.63, 3.8) is 0 Å². The standard InChI is InChI=1S/C6H14O2Si/c1-5-6-8-9(3,4)7-2/h5-6H,1-4H3/b6-5+. The van der Waals surface area contributed by atoms with Crippen LogP contribution in [0, 0.1) is 0 Å². The van der Waals surface area contributed by atoms with E-state index >= 15 is 0 Å². The third-order valence-electron chi connectivity index (χ3n) is 0.980. The highest BCUT2D eigenvalue weighted by molar-refractivity contribution is 6.64. The van der Waals surface area contributed by atoms with Crippen LogP contribution in [0.4, 0.5) is 0 Å². The molecule has 0 heterocycles. The largest absolute Gasteiger partial charge is 0.527 e. The predicted octanol–water partition coefficient (Wildman–Crippen LogP) is 1.88. The highest BCUT2D eigenvalue weighted by Gasteiger charge is 2.21. The predicted molar refractivity (Wildman–Crippen MR) is 40.4 cm³/mol. The van der Waals surface area contributed by atoms with Crippen molar-refractivity contribution >= 4 is 8.56 Å². The van der Waals surface area contributed by atoms with Gasteiger partial charge in [-0.2, -0.15) is 0 Å². The van der Waals surface area contributed by atoms with Gasteiger partial charge in [-0.05, 0) is 20.0 Å². The van der Waals surface area contributed by atoms with Crippen molar-refractivity contribution in [3.8, 4) is 0 Å². The highest BCUT2D eigenvalue weighted by atomic mass is 28.4. The third-order valence-corrected chi connectivity index (χ3v) is 2.67. The average Bonchev–Trinajstić information content (AvgIpc) is 1.84. The maximum atomic E-state index is 5.26. The van der Waals surface area contributed by atoms with Gasteiger partial charge in [0.2, 0.25) is 0 Å². The third kappa shape index (κ3) is 4.24. The number of allylic oxidation sites excluding steroid dienone is 1. The molecule has 0 aliphatic heterocycles. The zero-order chi connectivity index (χ0) is 7.33. The van der Waals surface area contributed by atoms with E-state index in [9.17, 15) is 0 Å². The van der Waals surface area contributed by atoms with Crippen LogP contribution in [-0.4, -0.2) is 15.7 Å². The molecule has 0 rings (SSSR count). The summed E-state index contributed by atoms with van der Waals surface area (Å²) in [7, 11) is -0.109. The molecule has 54 valence electrons. The van der Waals surface area contributed by atoms with Crippen LogP contribution < -0.4 is 0 Å². The van der Waals surface area contributed by atoms with Crippen molar-refractivity contribution in [2.45, 2.75) is 20.0 Å². The lowest BCUT2D eigenvalue weighted by Gasteiger charge is -2.17. The summed E-state index contributed by atoms with van der Waals surface area (Å²) in [6, 6.07) is 0. The van der Waals surface area contributed by atoms with Gasteiger partial charge in [-0.15, -0.1) is 0 Å².